The molecule has 0 fully saturated rings. The van der Waals surface area contributed by atoms with E-state index in [0.29, 0.717) is 4.47 Å². The lowest BCUT2D eigenvalue weighted by Gasteiger charge is -2.15. The number of hydrogen-bond acceptors (Lipinski definition) is 3. The molecule has 0 aliphatic rings. The van der Waals surface area contributed by atoms with Gasteiger partial charge in [-0.15, -0.1) is 0 Å². The fourth-order valence-corrected chi connectivity index (χ4v) is 2.03. The van der Waals surface area contributed by atoms with E-state index in [1.807, 2.05) is 0 Å². The maximum absolute atomic E-state index is 13.8. The Morgan fingerprint density at radius 1 is 1.40 bits per heavy atom. The van der Waals surface area contributed by atoms with Crippen LogP contribution in [-0.2, 0) is 0 Å². The molecule has 0 radical (unpaired) electrons. The minimum absolute atomic E-state index is 0.00315. The Bertz CT molecular complexity index is 366. The summed E-state index contributed by atoms with van der Waals surface area (Å²) in [4.78, 5) is 0. The van der Waals surface area contributed by atoms with Crippen molar-refractivity contribution in [3.8, 4) is 11.5 Å². The van der Waals surface area contributed by atoms with Crippen molar-refractivity contribution >= 4 is 15.9 Å². The predicted molar refractivity (Wildman–Crippen MR) is 57.8 cm³/mol. The maximum Gasteiger partial charge on any atom is 0.197 e. The largest absolute Gasteiger partial charge is 0.493 e. The van der Waals surface area contributed by atoms with E-state index in [1.165, 1.54) is 21.1 Å². The van der Waals surface area contributed by atoms with Gasteiger partial charge in [0.05, 0.1) is 20.3 Å². The molecule has 1 N–H and O–H groups in total. The Labute approximate surface area is 95.9 Å². The van der Waals surface area contributed by atoms with Gasteiger partial charge in [0.2, 0.25) is 0 Å². The lowest BCUT2D eigenvalue weighted by molar-refractivity contribution is 0.191. The number of rotatable bonds is 3. The first-order valence-corrected chi connectivity index (χ1v) is 5.10. The second kappa shape index (κ2) is 4.81. The summed E-state index contributed by atoms with van der Waals surface area (Å²) in [5.74, 6) is -0.332. The monoisotopic (exact) mass is 278 g/mol. The predicted octanol–water partition coefficient (Wildman–Crippen LogP) is 2.66. The van der Waals surface area contributed by atoms with Gasteiger partial charge in [0.1, 0.15) is 0 Å². The van der Waals surface area contributed by atoms with E-state index >= 15 is 0 Å². The van der Waals surface area contributed by atoms with E-state index in [9.17, 15) is 9.50 Å². The summed E-state index contributed by atoms with van der Waals surface area (Å²) >= 11 is 3.17. The van der Waals surface area contributed by atoms with E-state index in [2.05, 4.69) is 15.9 Å². The van der Waals surface area contributed by atoms with Crippen LogP contribution in [0.1, 0.15) is 18.6 Å². The van der Waals surface area contributed by atoms with Crippen LogP contribution in [0.15, 0.2) is 10.5 Å². The van der Waals surface area contributed by atoms with E-state index in [0.717, 1.165) is 0 Å². The maximum atomic E-state index is 13.8. The highest BCUT2D eigenvalue weighted by Crippen LogP contribution is 2.39. The van der Waals surface area contributed by atoms with Crippen molar-refractivity contribution in [2.75, 3.05) is 14.2 Å². The summed E-state index contributed by atoms with van der Waals surface area (Å²) in [5.41, 5.74) is 0.160. The average Bonchev–Trinajstić information content (AvgIpc) is 2.16. The minimum Gasteiger partial charge on any atom is -0.493 e. The quantitative estimate of drug-likeness (QED) is 0.924. The van der Waals surface area contributed by atoms with Crippen LogP contribution in [0.2, 0.25) is 0 Å². The highest BCUT2D eigenvalue weighted by Gasteiger charge is 2.21. The molecule has 1 aromatic rings. The number of aliphatic hydroxyl groups excluding tert-OH is 1. The lowest BCUT2D eigenvalue weighted by Crippen LogP contribution is -2.02. The molecule has 0 saturated heterocycles. The van der Waals surface area contributed by atoms with Crippen LogP contribution in [0.4, 0.5) is 4.39 Å². The number of hydrogen-bond donors (Lipinski definition) is 1. The molecule has 84 valence electrons. The third-order valence-corrected chi connectivity index (χ3v) is 2.67. The molecule has 5 heteroatoms. The minimum atomic E-state index is -0.917. The number of aliphatic hydroxyl groups is 1. The number of ether oxygens (including phenoxy) is 2. The molecule has 0 spiro atoms. The highest BCUT2D eigenvalue weighted by molar-refractivity contribution is 9.10. The van der Waals surface area contributed by atoms with Gasteiger partial charge in [-0.3, -0.25) is 0 Å². The Morgan fingerprint density at radius 2 is 2.00 bits per heavy atom. The smallest absolute Gasteiger partial charge is 0.197 e. The van der Waals surface area contributed by atoms with Gasteiger partial charge >= 0.3 is 0 Å². The summed E-state index contributed by atoms with van der Waals surface area (Å²) in [5, 5.41) is 9.40. The molecule has 0 aliphatic carbocycles. The molecule has 0 heterocycles. The van der Waals surface area contributed by atoms with Crippen molar-refractivity contribution in [1.29, 1.82) is 0 Å². The Hall–Kier alpha value is -0.810. The fraction of sp³-hybridized carbons (Fsp3) is 0.400. The first-order chi connectivity index (χ1) is 7.02. The molecule has 0 aliphatic heterocycles. The van der Waals surface area contributed by atoms with Gasteiger partial charge in [0.25, 0.3) is 0 Å². The molecule has 0 bridgehead atoms. The van der Waals surface area contributed by atoms with Gasteiger partial charge in [0.15, 0.2) is 17.3 Å². The zero-order valence-corrected chi connectivity index (χ0v) is 10.3. The summed E-state index contributed by atoms with van der Waals surface area (Å²) in [6.45, 7) is 1.48. The van der Waals surface area contributed by atoms with Gasteiger partial charge in [-0.2, -0.15) is 0 Å². The fourth-order valence-electron chi connectivity index (χ4n) is 1.32. The van der Waals surface area contributed by atoms with Gasteiger partial charge < -0.3 is 14.6 Å². The molecule has 3 nitrogen and oxygen atoms in total. The standard InChI is InChI=1S/C10H12BrFO3/c1-5(13)8-6(11)4-7(14-2)10(15-3)9(8)12/h4-5,13H,1-3H3. The summed E-state index contributed by atoms with van der Waals surface area (Å²) in [6.07, 6.45) is -0.917. The third-order valence-electron chi connectivity index (χ3n) is 2.02. The second-order valence-electron chi connectivity index (χ2n) is 3.00. The summed E-state index contributed by atoms with van der Waals surface area (Å²) in [7, 11) is 2.77. The van der Waals surface area contributed by atoms with Crippen LogP contribution < -0.4 is 9.47 Å². The van der Waals surface area contributed by atoms with Crippen molar-refractivity contribution in [3.05, 3.63) is 21.9 Å². The van der Waals surface area contributed by atoms with E-state index < -0.39 is 11.9 Å². The molecule has 0 saturated carbocycles. The lowest BCUT2D eigenvalue weighted by atomic mass is 10.1. The van der Waals surface area contributed by atoms with Crippen molar-refractivity contribution in [2.24, 2.45) is 0 Å². The average molecular weight is 279 g/mol. The topological polar surface area (TPSA) is 38.7 Å². The zero-order valence-electron chi connectivity index (χ0n) is 8.67. The van der Waals surface area contributed by atoms with Crippen LogP contribution in [-0.4, -0.2) is 19.3 Å². The molecular weight excluding hydrogens is 267 g/mol. The van der Waals surface area contributed by atoms with E-state index in [-0.39, 0.29) is 17.1 Å². The number of benzene rings is 1. The van der Waals surface area contributed by atoms with Crippen molar-refractivity contribution < 1.29 is 19.0 Å². The molecule has 1 aromatic carbocycles. The van der Waals surface area contributed by atoms with E-state index in [4.69, 9.17) is 9.47 Å². The van der Waals surface area contributed by atoms with Crippen LogP contribution in [0.3, 0.4) is 0 Å². The first-order valence-electron chi connectivity index (χ1n) is 4.30. The SMILES string of the molecule is COc1cc(Br)c(C(C)O)c(F)c1OC. The van der Waals surface area contributed by atoms with Crippen LogP contribution in [0, 0.1) is 5.82 Å². The molecule has 0 aromatic heterocycles. The number of halogens is 2. The normalized spacial score (nSPS) is 12.4. The molecule has 1 unspecified atom stereocenters. The summed E-state index contributed by atoms with van der Waals surface area (Å²) in [6, 6.07) is 1.56. The number of methoxy groups -OCH3 is 2. The highest BCUT2D eigenvalue weighted by atomic mass is 79.9. The van der Waals surface area contributed by atoms with Crippen molar-refractivity contribution in [2.45, 2.75) is 13.0 Å². The molecule has 15 heavy (non-hydrogen) atoms. The third kappa shape index (κ3) is 2.23. The zero-order chi connectivity index (χ0) is 11.6. The Morgan fingerprint density at radius 3 is 2.40 bits per heavy atom. The first kappa shape index (κ1) is 12.3. The second-order valence-corrected chi connectivity index (χ2v) is 3.85. The van der Waals surface area contributed by atoms with Crippen LogP contribution in [0.25, 0.3) is 0 Å². The Balaban J connectivity index is 3.44. The van der Waals surface area contributed by atoms with E-state index in [1.54, 1.807) is 6.07 Å². The van der Waals surface area contributed by atoms with Crippen molar-refractivity contribution in [1.82, 2.24) is 0 Å². The van der Waals surface area contributed by atoms with Gasteiger partial charge in [-0.25, -0.2) is 4.39 Å². The van der Waals surface area contributed by atoms with Crippen LogP contribution in [0.5, 0.6) is 11.5 Å². The Kier molecular flexibility index (Phi) is 3.93. The van der Waals surface area contributed by atoms with Gasteiger partial charge in [0, 0.05) is 10.0 Å². The molecule has 1 rings (SSSR count). The summed E-state index contributed by atoms with van der Waals surface area (Å²) < 4.78 is 24.1. The van der Waals surface area contributed by atoms with Gasteiger partial charge in [-0.1, -0.05) is 15.9 Å². The van der Waals surface area contributed by atoms with Crippen molar-refractivity contribution in [3.63, 3.8) is 0 Å². The van der Waals surface area contributed by atoms with Gasteiger partial charge in [-0.05, 0) is 13.0 Å². The van der Waals surface area contributed by atoms with Crippen LogP contribution >= 0.6 is 15.9 Å². The molecular formula is C10H12BrFO3. The molecule has 1 atom stereocenters. The molecule has 0 amide bonds.